The summed E-state index contributed by atoms with van der Waals surface area (Å²) in [5, 5.41) is 13.7. The zero-order chi connectivity index (χ0) is 14.4. The lowest BCUT2D eigenvalue weighted by Crippen LogP contribution is -2.45. The number of halogens is 1. The molecule has 7 nitrogen and oxygen atoms in total. The topological polar surface area (TPSA) is 122 Å². The summed E-state index contributed by atoms with van der Waals surface area (Å²) >= 11 is 5.73. The Morgan fingerprint density at radius 1 is 1.37 bits per heavy atom. The molecule has 0 saturated heterocycles. The Hall–Kier alpha value is -2.28. The number of amides is 3. The summed E-state index contributed by atoms with van der Waals surface area (Å²) in [5.41, 5.74) is 5.28. The van der Waals surface area contributed by atoms with Crippen molar-refractivity contribution in [1.82, 2.24) is 5.32 Å². The largest absolute Gasteiger partial charge is 0.480 e. The number of urea groups is 1. The lowest BCUT2D eigenvalue weighted by atomic mass is 10.2. The summed E-state index contributed by atoms with van der Waals surface area (Å²) in [4.78, 5) is 33.0. The molecule has 0 aliphatic heterocycles. The maximum atomic E-state index is 11.5. The molecule has 0 aliphatic rings. The number of carbonyl (C=O) groups is 3. The fraction of sp³-hybridized carbons (Fsp3) is 0.182. The first kappa shape index (κ1) is 14.8. The van der Waals surface area contributed by atoms with E-state index in [0.717, 1.165) is 0 Å². The lowest BCUT2D eigenvalue weighted by molar-refractivity contribution is -0.140. The monoisotopic (exact) mass is 285 g/mol. The van der Waals surface area contributed by atoms with Crippen molar-refractivity contribution in [3.63, 3.8) is 0 Å². The summed E-state index contributed by atoms with van der Waals surface area (Å²) < 4.78 is 0. The van der Waals surface area contributed by atoms with E-state index >= 15 is 0 Å². The summed E-state index contributed by atoms with van der Waals surface area (Å²) in [7, 11) is 0. The SMILES string of the molecule is NC(=O)C[C@H](NC(=O)Nc1cccc(Cl)c1)C(=O)O. The van der Waals surface area contributed by atoms with Gasteiger partial charge in [0.25, 0.3) is 0 Å². The quantitative estimate of drug-likeness (QED) is 0.639. The van der Waals surface area contributed by atoms with E-state index in [4.69, 9.17) is 22.4 Å². The molecule has 102 valence electrons. The van der Waals surface area contributed by atoms with Crippen molar-refractivity contribution in [1.29, 1.82) is 0 Å². The smallest absolute Gasteiger partial charge is 0.326 e. The number of carbonyl (C=O) groups excluding carboxylic acids is 2. The molecule has 0 unspecified atom stereocenters. The number of carboxylic acids is 1. The Kier molecular flexibility index (Phi) is 5.13. The van der Waals surface area contributed by atoms with Gasteiger partial charge in [-0.2, -0.15) is 0 Å². The summed E-state index contributed by atoms with van der Waals surface area (Å²) in [6.07, 6.45) is -0.488. The first-order chi connectivity index (χ1) is 8.88. The molecule has 8 heteroatoms. The van der Waals surface area contributed by atoms with Crippen molar-refractivity contribution in [2.24, 2.45) is 5.73 Å². The highest BCUT2D eigenvalue weighted by molar-refractivity contribution is 6.30. The molecule has 1 atom stereocenters. The van der Waals surface area contributed by atoms with Crippen LogP contribution in [0.1, 0.15) is 6.42 Å². The second-order valence-corrected chi connectivity index (χ2v) is 4.11. The van der Waals surface area contributed by atoms with Gasteiger partial charge < -0.3 is 21.5 Å². The Labute approximate surface area is 113 Å². The predicted molar refractivity (Wildman–Crippen MR) is 68.8 cm³/mol. The maximum absolute atomic E-state index is 11.5. The Morgan fingerprint density at radius 2 is 2.05 bits per heavy atom. The first-order valence-corrected chi connectivity index (χ1v) is 5.60. The number of carboxylic acid groups (broad SMARTS) is 1. The van der Waals surface area contributed by atoms with Crippen LogP contribution in [0, 0.1) is 0 Å². The molecular formula is C11H12ClN3O4. The van der Waals surface area contributed by atoms with E-state index in [-0.39, 0.29) is 0 Å². The van der Waals surface area contributed by atoms with Crippen LogP contribution in [-0.2, 0) is 9.59 Å². The molecule has 0 aliphatic carbocycles. The van der Waals surface area contributed by atoms with E-state index in [1.165, 1.54) is 6.07 Å². The van der Waals surface area contributed by atoms with Gasteiger partial charge in [0.15, 0.2) is 0 Å². The van der Waals surface area contributed by atoms with E-state index in [2.05, 4.69) is 10.6 Å². The number of nitrogens with two attached hydrogens (primary N) is 1. The molecular weight excluding hydrogens is 274 g/mol. The van der Waals surface area contributed by atoms with Gasteiger partial charge in [0.05, 0.1) is 6.42 Å². The number of primary amides is 1. The van der Waals surface area contributed by atoms with Crippen molar-refractivity contribution in [3.8, 4) is 0 Å². The van der Waals surface area contributed by atoms with Crippen molar-refractivity contribution < 1.29 is 19.5 Å². The van der Waals surface area contributed by atoms with Crippen LogP contribution in [-0.4, -0.2) is 29.1 Å². The molecule has 1 rings (SSSR count). The van der Waals surface area contributed by atoms with Gasteiger partial charge in [-0.1, -0.05) is 17.7 Å². The number of nitrogens with one attached hydrogen (secondary N) is 2. The van der Waals surface area contributed by atoms with Crippen LogP contribution in [0.15, 0.2) is 24.3 Å². The van der Waals surface area contributed by atoms with E-state index in [1.807, 2.05) is 0 Å². The number of rotatable bonds is 5. The third-order valence-electron chi connectivity index (χ3n) is 2.09. The molecule has 0 spiro atoms. The molecule has 19 heavy (non-hydrogen) atoms. The van der Waals surface area contributed by atoms with Gasteiger partial charge >= 0.3 is 12.0 Å². The first-order valence-electron chi connectivity index (χ1n) is 5.22. The number of anilines is 1. The maximum Gasteiger partial charge on any atom is 0.326 e. The minimum Gasteiger partial charge on any atom is -0.480 e. The highest BCUT2D eigenvalue weighted by Crippen LogP contribution is 2.14. The molecule has 0 bridgehead atoms. The normalized spacial score (nSPS) is 11.4. The van der Waals surface area contributed by atoms with Crippen LogP contribution in [0.5, 0.6) is 0 Å². The summed E-state index contributed by atoms with van der Waals surface area (Å²) in [6, 6.07) is 4.17. The average molecular weight is 286 g/mol. The molecule has 1 aromatic rings. The third kappa shape index (κ3) is 5.26. The highest BCUT2D eigenvalue weighted by Gasteiger charge is 2.22. The minimum atomic E-state index is -1.38. The average Bonchev–Trinajstić information content (AvgIpc) is 2.27. The predicted octanol–water partition coefficient (Wildman–Crippen LogP) is 0.790. The van der Waals surface area contributed by atoms with Gasteiger partial charge in [-0.3, -0.25) is 4.79 Å². The lowest BCUT2D eigenvalue weighted by Gasteiger charge is -2.13. The van der Waals surface area contributed by atoms with Crippen LogP contribution >= 0.6 is 11.6 Å². The van der Waals surface area contributed by atoms with Gasteiger partial charge in [0.2, 0.25) is 5.91 Å². The van der Waals surface area contributed by atoms with Crippen LogP contribution in [0.4, 0.5) is 10.5 Å². The van der Waals surface area contributed by atoms with Crippen LogP contribution in [0.2, 0.25) is 5.02 Å². The number of benzene rings is 1. The zero-order valence-corrected chi connectivity index (χ0v) is 10.5. The van der Waals surface area contributed by atoms with E-state index in [9.17, 15) is 14.4 Å². The second kappa shape index (κ2) is 6.60. The molecule has 0 fully saturated rings. The van der Waals surface area contributed by atoms with Crippen LogP contribution < -0.4 is 16.4 Å². The molecule has 0 saturated carbocycles. The van der Waals surface area contributed by atoms with Gasteiger partial charge in [0, 0.05) is 10.7 Å². The Balaban J connectivity index is 2.62. The standard InChI is InChI=1S/C11H12ClN3O4/c12-6-2-1-3-7(4-6)14-11(19)15-8(10(17)18)5-9(13)16/h1-4,8H,5H2,(H2,13,16)(H,17,18)(H2,14,15,19)/t8-/m0/s1. The van der Waals surface area contributed by atoms with Crippen molar-refractivity contribution in [2.45, 2.75) is 12.5 Å². The molecule has 5 N–H and O–H groups in total. The van der Waals surface area contributed by atoms with Crippen molar-refractivity contribution in [2.75, 3.05) is 5.32 Å². The van der Waals surface area contributed by atoms with E-state index in [0.29, 0.717) is 10.7 Å². The third-order valence-corrected chi connectivity index (χ3v) is 2.33. The van der Waals surface area contributed by atoms with Crippen LogP contribution in [0.25, 0.3) is 0 Å². The van der Waals surface area contributed by atoms with Crippen LogP contribution in [0.3, 0.4) is 0 Å². The molecule has 3 amide bonds. The number of hydrogen-bond acceptors (Lipinski definition) is 3. The van der Waals surface area contributed by atoms with E-state index in [1.54, 1.807) is 18.2 Å². The van der Waals surface area contributed by atoms with Crippen molar-refractivity contribution >= 4 is 35.2 Å². The van der Waals surface area contributed by atoms with Crippen molar-refractivity contribution in [3.05, 3.63) is 29.3 Å². The van der Waals surface area contributed by atoms with Gasteiger partial charge in [-0.05, 0) is 18.2 Å². The van der Waals surface area contributed by atoms with Gasteiger partial charge in [-0.15, -0.1) is 0 Å². The molecule has 0 aromatic heterocycles. The molecule has 0 heterocycles. The minimum absolute atomic E-state index is 0.396. The number of hydrogen-bond donors (Lipinski definition) is 4. The van der Waals surface area contributed by atoms with Gasteiger partial charge in [-0.25, -0.2) is 9.59 Å². The highest BCUT2D eigenvalue weighted by atomic mass is 35.5. The Morgan fingerprint density at radius 3 is 2.58 bits per heavy atom. The van der Waals surface area contributed by atoms with Gasteiger partial charge in [0.1, 0.15) is 6.04 Å². The molecule has 0 radical (unpaired) electrons. The zero-order valence-electron chi connectivity index (χ0n) is 9.72. The number of aliphatic carboxylic acids is 1. The summed E-state index contributed by atoms with van der Waals surface area (Å²) in [5.74, 6) is -2.17. The van der Waals surface area contributed by atoms with E-state index < -0.39 is 30.4 Å². The second-order valence-electron chi connectivity index (χ2n) is 3.67. The Bertz CT molecular complexity index is 506. The fourth-order valence-corrected chi connectivity index (χ4v) is 1.48. The molecule has 1 aromatic carbocycles. The fourth-order valence-electron chi connectivity index (χ4n) is 1.29. The summed E-state index contributed by atoms with van der Waals surface area (Å²) in [6.45, 7) is 0.